The van der Waals surface area contributed by atoms with E-state index in [4.69, 9.17) is 9.15 Å². The summed E-state index contributed by atoms with van der Waals surface area (Å²) < 4.78 is 11.2. The number of aryl methyl sites for hydroxylation is 1. The van der Waals surface area contributed by atoms with Gasteiger partial charge in [-0.05, 0) is 31.2 Å². The van der Waals surface area contributed by atoms with Gasteiger partial charge in [0.1, 0.15) is 5.75 Å². The molecule has 1 aliphatic heterocycles. The smallest absolute Gasteiger partial charge is 0.277 e. The van der Waals surface area contributed by atoms with E-state index < -0.39 is 4.92 Å². The van der Waals surface area contributed by atoms with E-state index in [1.54, 1.807) is 17.0 Å². The van der Waals surface area contributed by atoms with E-state index in [2.05, 4.69) is 15.1 Å². The first-order valence-electron chi connectivity index (χ1n) is 10.4. The Hall–Kier alpha value is -3.60. The second-order valence-corrected chi connectivity index (χ2v) is 8.42. The monoisotopic (exact) mass is 469 g/mol. The molecule has 0 atom stereocenters. The van der Waals surface area contributed by atoms with Crippen molar-refractivity contribution < 1.29 is 18.9 Å². The summed E-state index contributed by atoms with van der Waals surface area (Å²) in [4.78, 5) is 26.9. The fourth-order valence-corrected chi connectivity index (χ4v) is 4.03. The highest BCUT2D eigenvalue weighted by Crippen LogP contribution is 2.22. The van der Waals surface area contributed by atoms with Crippen LogP contribution in [0.4, 0.5) is 11.4 Å². The van der Waals surface area contributed by atoms with E-state index in [0.29, 0.717) is 37.3 Å². The number of piperazine rings is 1. The maximum Gasteiger partial charge on any atom is 0.277 e. The number of non-ortho nitro benzene ring substituents is 1. The Labute approximate surface area is 194 Å². The highest BCUT2D eigenvalue weighted by atomic mass is 32.2. The van der Waals surface area contributed by atoms with Gasteiger partial charge in [0.15, 0.2) is 6.61 Å². The molecule has 0 N–H and O–H groups in total. The lowest BCUT2D eigenvalue weighted by atomic mass is 10.2. The lowest BCUT2D eigenvalue weighted by molar-refractivity contribution is -0.384. The van der Waals surface area contributed by atoms with E-state index in [-0.39, 0.29) is 24.0 Å². The first-order valence-corrected chi connectivity index (χ1v) is 11.4. The molecule has 1 aliphatic rings. The van der Waals surface area contributed by atoms with E-state index in [0.717, 1.165) is 17.0 Å². The number of hydrogen-bond donors (Lipinski definition) is 0. The number of ether oxygens (including phenoxy) is 1. The van der Waals surface area contributed by atoms with Crippen molar-refractivity contribution in [2.24, 2.45) is 0 Å². The van der Waals surface area contributed by atoms with Gasteiger partial charge >= 0.3 is 0 Å². The molecule has 2 aromatic carbocycles. The zero-order valence-corrected chi connectivity index (χ0v) is 18.9. The van der Waals surface area contributed by atoms with E-state index in [9.17, 15) is 14.9 Å². The third-order valence-corrected chi connectivity index (χ3v) is 6.01. The molecule has 33 heavy (non-hydrogen) atoms. The Kier molecular flexibility index (Phi) is 7.08. The molecule has 0 aliphatic carbocycles. The molecule has 3 aromatic rings. The van der Waals surface area contributed by atoms with Gasteiger partial charge in [0.25, 0.3) is 16.8 Å². The number of rotatable bonds is 8. The van der Waals surface area contributed by atoms with Crippen molar-refractivity contribution in [3.63, 3.8) is 0 Å². The number of carbonyl (C=O) groups is 1. The van der Waals surface area contributed by atoms with Crippen LogP contribution in [0.25, 0.3) is 0 Å². The molecule has 10 nitrogen and oxygen atoms in total. The lowest BCUT2D eigenvalue weighted by Crippen LogP contribution is -2.49. The van der Waals surface area contributed by atoms with E-state index in [1.807, 2.05) is 31.2 Å². The summed E-state index contributed by atoms with van der Waals surface area (Å²) in [5.41, 5.74) is 2.13. The summed E-state index contributed by atoms with van der Waals surface area (Å²) in [5.74, 6) is 1.27. The summed E-state index contributed by atoms with van der Waals surface area (Å²) in [6, 6.07) is 14.1. The zero-order valence-electron chi connectivity index (χ0n) is 18.0. The number of nitro benzene ring substituents is 1. The number of carbonyl (C=O) groups excluding carboxylic acids is 1. The molecule has 0 spiro atoms. The fourth-order valence-electron chi connectivity index (χ4n) is 3.35. The predicted molar refractivity (Wildman–Crippen MR) is 122 cm³/mol. The van der Waals surface area contributed by atoms with Crippen molar-refractivity contribution >= 4 is 29.0 Å². The van der Waals surface area contributed by atoms with Crippen LogP contribution in [-0.2, 0) is 11.4 Å². The summed E-state index contributed by atoms with van der Waals surface area (Å²) >= 11 is 1.20. The minimum Gasteiger partial charge on any atom is -0.484 e. The molecule has 1 amide bonds. The molecule has 0 unspecified atom stereocenters. The summed E-state index contributed by atoms with van der Waals surface area (Å²) in [5, 5.41) is 19.1. The number of anilines is 1. The molecule has 2 heterocycles. The van der Waals surface area contributed by atoms with Crippen LogP contribution in [0.3, 0.4) is 0 Å². The van der Waals surface area contributed by atoms with Crippen LogP contribution in [0.5, 0.6) is 5.75 Å². The van der Waals surface area contributed by atoms with Crippen LogP contribution in [-0.4, -0.2) is 57.9 Å². The van der Waals surface area contributed by atoms with Crippen LogP contribution < -0.4 is 9.64 Å². The van der Waals surface area contributed by atoms with Crippen molar-refractivity contribution in [2.45, 2.75) is 18.8 Å². The Morgan fingerprint density at radius 3 is 2.45 bits per heavy atom. The Morgan fingerprint density at radius 1 is 1.09 bits per heavy atom. The second-order valence-electron chi connectivity index (χ2n) is 7.49. The van der Waals surface area contributed by atoms with E-state index in [1.165, 1.54) is 23.9 Å². The van der Waals surface area contributed by atoms with Gasteiger partial charge in [0.05, 0.1) is 10.7 Å². The summed E-state index contributed by atoms with van der Waals surface area (Å²) in [6.45, 7) is 4.65. The van der Waals surface area contributed by atoms with Crippen LogP contribution >= 0.6 is 11.8 Å². The lowest BCUT2D eigenvalue weighted by Gasteiger charge is -2.36. The average Bonchev–Trinajstić information content (AvgIpc) is 3.30. The Bertz CT molecular complexity index is 1100. The molecule has 0 saturated carbocycles. The highest BCUT2D eigenvalue weighted by Gasteiger charge is 2.22. The number of benzene rings is 2. The van der Waals surface area contributed by atoms with Crippen molar-refractivity contribution in [3.8, 4) is 5.75 Å². The first kappa shape index (κ1) is 22.6. The quantitative estimate of drug-likeness (QED) is 0.278. The van der Waals surface area contributed by atoms with Gasteiger partial charge < -0.3 is 19.0 Å². The highest BCUT2D eigenvalue weighted by molar-refractivity contribution is 7.99. The molecule has 1 fully saturated rings. The van der Waals surface area contributed by atoms with Crippen molar-refractivity contribution in [1.29, 1.82) is 0 Å². The van der Waals surface area contributed by atoms with E-state index >= 15 is 0 Å². The molecular weight excluding hydrogens is 446 g/mol. The minimum absolute atomic E-state index is 0.000921. The first-order chi connectivity index (χ1) is 16.0. The maximum absolute atomic E-state index is 12.6. The van der Waals surface area contributed by atoms with Crippen molar-refractivity contribution in [3.05, 3.63) is 70.1 Å². The maximum atomic E-state index is 12.6. The van der Waals surface area contributed by atoms with Gasteiger partial charge in [-0.2, -0.15) is 0 Å². The molecule has 11 heteroatoms. The number of aromatic nitrogens is 2. The third kappa shape index (κ3) is 6.01. The van der Waals surface area contributed by atoms with Gasteiger partial charge in [0.2, 0.25) is 5.91 Å². The zero-order chi connectivity index (χ0) is 23.2. The standard InChI is InChI=1S/C22H23N5O5S/c1-16-2-8-19(9-3-16)31-14-20-23-24-22(32-20)33-15-21(28)26-12-10-25(11-13-26)17-4-6-18(7-5-17)27(29)30/h2-9H,10-15H2,1H3. The Balaban J connectivity index is 1.20. The topological polar surface area (TPSA) is 115 Å². The van der Waals surface area contributed by atoms with Crippen LogP contribution in [0, 0.1) is 17.0 Å². The molecule has 1 saturated heterocycles. The number of thioether (sulfide) groups is 1. The van der Waals surface area contributed by atoms with Gasteiger partial charge in [0, 0.05) is 44.0 Å². The van der Waals surface area contributed by atoms with Gasteiger partial charge in [-0.1, -0.05) is 29.5 Å². The van der Waals surface area contributed by atoms with Crippen molar-refractivity contribution in [2.75, 3.05) is 36.8 Å². The molecular formula is C22H23N5O5S. The molecule has 172 valence electrons. The number of nitro groups is 1. The van der Waals surface area contributed by atoms with Gasteiger partial charge in [-0.25, -0.2) is 0 Å². The summed E-state index contributed by atoms with van der Waals surface area (Å²) in [7, 11) is 0. The molecule has 4 rings (SSSR count). The van der Waals surface area contributed by atoms with Crippen molar-refractivity contribution in [1.82, 2.24) is 15.1 Å². The largest absolute Gasteiger partial charge is 0.484 e. The van der Waals surface area contributed by atoms with Crippen LogP contribution in [0.1, 0.15) is 11.5 Å². The summed E-state index contributed by atoms with van der Waals surface area (Å²) in [6.07, 6.45) is 0. The normalized spacial score (nSPS) is 13.7. The minimum atomic E-state index is -0.415. The van der Waals surface area contributed by atoms with Crippen LogP contribution in [0.2, 0.25) is 0 Å². The van der Waals surface area contributed by atoms with Crippen LogP contribution in [0.15, 0.2) is 58.2 Å². The third-order valence-electron chi connectivity index (χ3n) is 5.21. The van der Waals surface area contributed by atoms with Gasteiger partial charge in [-0.3, -0.25) is 14.9 Å². The number of nitrogens with zero attached hydrogens (tertiary/aromatic N) is 5. The molecule has 0 bridgehead atoms. The fraction of sp³-hybridized carbons (Fsp3) is 0.318. The molecule has 1 aromatic heterocycles. The Morgan fingerprint density at radius 2 is 1.79 bits per heavy atom. The number of amides is 1. The molecule has 0 radical (unpaired) electrons. The van der Waals surface area contributed by atoms with Gasteiger partial charge in [-0.15, -0.1) is 10.2 Å². The second kappa shape index (κ2) is 10.3. The SMILES string of the molecule is Cc1ccc(OCc2nnc(SCC(=O)N3CCN(c4ccc([N+](=O)[O-])cc4)CC3)o2)cc1. The average molecular weight is 470 g/mol. The predicted octanol–water partition coefficient (Wildman–Crippen LogP) is 3.31. The number of hydrogen-bond acceptors (Lipinski definition) is 9.